The molecule has 0 spiro atoms. The summed E-state index contributed by atoms with van der Waals surface area (Å²) in [6, 6.07) is 0. The zero-order valence-corrected chi connectivity index (χ0v) is 23.1. The van der Waals surface area contributed by atoms with Crippen LogP contribution in [0.15, 0.2) is 24.3 Å². The van der Waals surface area contributed by atoms with Gasteiger partial charge in [0.05, 0.1) is 23.7 Å². The van der Waals surface area contributed by atoms with Crippen molar-refractivity contribution in [1.82, 2.24) is 4.90 Å². The van der Waals surface area contributed by atoms with Gasteiger partial charge in [0.1, 0.15) is 5.60 Å². The Balaban J connectivity index is 0.00000342. The van der Waals surface area contributed by atoms with Crippen molar-refractivity contribution in [3.63, 3.8) is 0 Å². The Labute approximate surface area is 219 Å². The van der Waals surface area contributed by atoms with Gasteiger partial charge < -0.3 is 19.7 Å². The molecule has 6 atom stereocenters. The van der Waals surface area contributed by atoms with Crippen molar-refractivity contribution >= 4 is 35.9 Å². The summed E-state index contributed by atoms with van der Waals surface area (Å²) < 4.78 is 12.5. The number of nitrogens with zero attached hydrogens (tertiary/aromatic N) is 1. The second-order valence-electron chi connectivity index (χ2n) is 11.6. The van der Waals surface area contributed by atoms with E-state index in [4.69, 9.17) is 9.47 Å². The van der Waals surface area contributed by atoms with Gasteiger partial charge in [0.2, 0.25) is 0 Å². The molecular formula is C26H40ClNO6S. The van der Waals surface area contributed by atoms with Gasteiger partial charge in [-0.1, -0.05) is 25.5 Å². The largest absolute Gasteiger partial charge is 0.454 e. The maximum absolute atomic E-state index is 13.8. The molecule has 35 heavy (non-hydrogen) atoms. The van der Waals surface area contributed by atoms with Crippen LogP contribution in [0.2, 0.25) is 0 Å². The molecule has 0 bridgehead atoms. The van der Waals surface area contributed by atoms with Crippen molar-refractivity contribution in [2.75, 3.05) is 31.1 Å². The van der Waals surface area contributed by atoms with Gasteiger partial charge in [-0.15, -0.1) is 19.0 Å². The summed E-state index contributed by atoms with van der Waals surface area (Å²) in [6.07, 6.45) is 2.51. The first-order valence-electron chi connectivity index (χ1n) is 12.2. The van der Waals surface area contributed by atoms with Crippen LogP contribution in [-0.2, 0) is 19.1 Å². The Hall–Kier alpha value is -0.900. The van der Waals surface area contributed by atoms with Crippen LogP contribution < -0.4 is 0 Å². The molecule has 3 fully saturated rings. The molecule has 2 aliphatic heterocycles. The molecular weight excluding hydrogens is 490 g/mol. The maximum Gasteiger partial charge on any atom is 0.320 e. The summed E-state index contributed by atoms with van der Waals surface area (Å²) in [5.74, 6) is 1.09. The van der Waals surface area contributed by atoms with Crippen LogP contribution in [0.25, 0.3) is 0 Å². The average molecular weight is 530 g/mol. The Kier molecular flexibility index (Phi) is 7.73. The number of aliphatic hydroxyl groups excluding tert-OH is 1. The number of thioether (sulfide) groups is 1. The minimum Gasteiger partial charge on any atom is -0.454 e. The number of hydrogen-bond donors (Lipinski definition) is 2. The van der Waals surface area contributed by atoms with Gasteiger partial charge in [-0.3, -0.25) is 14.5 Å². The number of carbonyl (C=O) groups is 2. The van der Waals surface area contributed by atoms with E-state index in [2.05, 4.69) is 11.5 Å². The van der Waals surface area contributed by atoms with Crippen molar-refractivity contribution in [2.24, 2.45) is 10.8 Å². The summed E-state index contributed by atoms with van der Waals surface area (Å²) in [5.41, 5.74) is -5.68. The number of ketones is 1. The van der Waals surface area contributed by atoms with Gasteiger partial charge in [0.15, 0.2) is 17.5 Å². The molecule has 2 saturated heterocycles. The molecule has 0 unspecified atom stereocenters. The standard InChI is InChI=1S/C26H39NO6S.ClH/c1-7-23(4)15-19(29)26(31)24(5)17(22(2,3)9-8-18(24)28)14-20(25(26,6)33-23)32-21(30)16-27-10-12-34-13-11-27;/h7,14,18,20,28,31H,1,8-13,15-16H2,2-6H3;1H/t18-,20-,23-,24+,25+,26-;/m0./s1. The van der Waals surface area contributed by atoms with Crippen LogP contribution >= 0.6 is 24.2 Å². The van der Waals surface area contributed by atoms with Crippen molar-refractivity contribution in [1.29, 1.82) is 0 Å². The summed E-state index contributed by atoms with van der Waals surface area (Å²) in [7, 11) is 0. The zero-order chi connectivity index (χ0) is 25.2. The Morgan fingerprint density at radius 1 is 1.29 bits per heavy atom. The van der Waals surface area contributed by atoms with Gasteiger partial charge >= 0.3 is 5.97 Å². The van der Waals surface area contributed by atoms with Gasteiger partial charge in [0.25, 0.3) is 0 Å². The van der Waals surface area contributed by atoms with Crippen LogP contribution in [-0.4, -0.2) is 87.0 Å². The summed E-state index contributed by atoms with van der Waals surface area (Å²) >= 11 is 1.86. The molecule has 2 aliphatic carbocycles. The fraction of sp³-hybridized carbons (Fsp3) is 0.769. The quantitative estimate of drug-likeness (QED) is 0.424. The lowest BCUT2D eigenvalue weighted by molar-refractivity contribution is -0.305. The van der Waals surface area contributed by atoms with E-state index >= 15 is 0 Å². The highest BCUT2D eigenvalue weighted by atomic mass is 35.5. The number of esters is 1. The Morgan fingerprint density at radius 3 is 2.51 bits per heavy atom. The van der Waals surface area contributed by atoms with Crippen molar-refractivity contribution in [3.05, 3.63) is 24.3 Å². The van der Waals surface area contributed by atoms with E-state index in [0.29, 0.717) is 12.8 Å². The van der Waals surface area contributed by atoms with Crippen LogP contribution in [0.3, 0.4) is 0 Å². The maximum atomic E-state index is 13.8. The summed E-state index contributed by atoms with van der Waals surface area (Å²) in [4.78, 5) is 29.0. The molecule has 0 aromatic heterocycles. The second-order valence-corrected chi connectivity index (χ2v) is 12.8. The van der Waals surface area contributed by atoms with Crippen molar-refractivity contribution < 1.29 is 29.3 Å². The van der Waals surface area contributed by atoms with E-state index in [9.17, 15) is 19.8 Å². The number of rotatable bonds is 4. The number of carbonyl (C=O) groups excluding carboxylic acids is 2. The SMILES string of the molecule is C=C[C@@]1(C)CC(=O)[C@@]2(O)[C@](C)(O1)[C@@H](OC(=O)CN1CCSCC1)C=C1C(C)(C)CC[C@H](O)[C@@]12C.Cl. The molecule has 198 valence electrons. The third-order valence-corrected chi connectivity index (χ3v) is 9.78. The number of fused-ring (bicyclic) bond motifs is 3. The summed E-state index contributed by atoms with van der Waals surface area (Å²) in [5, 5.41) is 23.7. The lowest BCUT2D eigenvalue weighted by Gasteiger charge is -2.66. The molecule has 9 heteroatoms. The molecule has 7 nitrogen and oxygen atoms in total. The van der Waals surface area contributed by atoms with Crippen LogP contribution in [0.1, 0.15) is 53.9 Å². The van der Waals surface area contributed by atoms with E-state index in [0.717, 1.165) is 30.2 Å². The molecule has 0 radical (unpaired) electrons. The van der Waals surface area contributed by atoms with Gasteiger partial charge in [0, 0.05) is 31.0 Å². The molecule has 2 N–H and O–H groups in total. The van der Waals surface area contributed by atoms with Crippen LogP contribution in [0.5, 0.6) is 0 Å². The monoisotopic (exact) mass is 529 g/mol. The molecule has 4 rings (SSSR count). The lowest BCUT2D eigenvalue weighted by Crippen LogP contribution is -2.81. The number of Topliss-reactive ketones (excluding diaryl/α,β-unsaturated/α-hetero) is 1. The number of hydrogen-bond acceptors (Lipinski definition) is 8. The van der Waals surface area contributed by atoms with Crippen molar-refractivity contribution in [2.45, 2.75) is 82.9 Å². The predicted molar refractivity (Wildman–Crippen MR) is 139 cm³/mol. The minimum atomic E-state index is -2.09. The highest BCUT2D eigenvalue weighted by Crippen LogP contribution is 2.64. The Bertz CT molecular complexity index is 920. The topological polar surface area (TPSA) is 96.3 Å². The molecule has 0 aromatic carbocycles. The predicted octanol–water partition coefficient (Wildman–Crippen LogP) is 2.92. The lowest BCUT2D eigenvalue weighted by atomic mass is 9.44. The van der Waals surface area contributed by atoms with E-state index < -0.39 is 51.6 Å². The third kappa shape index (κ3) is 4.22. The smallest absolute Gasteiger partial charge is 0.320 e. The molecule has 1 saturated carbocycles. The highest BCUT2D eigenvalue weighted by Gasteiger charge is 2.76. The normalized spacial score (nSPS) is 43.2. The molecule has 0 amide bonds. The van der Waals surface area contributed by atoms with Crippen molar-refractivity contribution in [3.8, 4) is 0 Å². The van der Waals surface area contributed by atoms with Gasteiger partial charge in [-0.05, 0) is 45.1 Å². The van der Waals surface area contributed by atoms with E-state index in [1.54, 1.807) is 26.8 Å². The summed E-state index contributed by atoms with van der Waals surface area (Å²) in [6.45, 7) is 14.8. The average Bonchev–Trinajstić information content (AvgIpc) is 2.76. The highest BCUT2D eigenvalue weighted by molar-refractivity contribution is 7.99. The first-order chi connectivity index (χ1) is 15.7. The molecule has 2 heterocycles. The fourth-order valence-corrected chi connectivity index (χ4v) is 7.70. The second kappa shape index (κ2) is 9.44. The Morgan fingerprint density at radius 2 is 1.91 bits per heavy atom. The zero-order valence-electron chi connectivity index (χ0n) is 21.5. The van der Waals surface area contributed by atoms with E-state index in [1.807, 2.05) is 31.7 Å². The van der Waals surface area contributed by atoms with E-state index in [1.165, 1.54) is 0 Å². The third-order valence-electron chi connectivity index (χ3n) is 8.84. The fourth-order valence-electron chi connectivity index (χ4n) is 6.72. The van der Waals surface area contributed by atoms with E-state index in [-0.39, 0.29) is 25.4 Å². The van der Waals surface area contributed by atoms with Crippen LogP contribution in [0, 0.1) is 10.8 Å². The molecule has 4 aliphatic rings. The van der Waals surface area contributed by atoms with Gasteiger partial charge in [-0.2, -0.15) is 11.8 Å². The number of ether oxygens (including phenoxy) is 2. The molecule has 0 aromatic rings. The first-order valence-corrected chi connectivity index (χ1v) is 13.4. The number of aliphatic hydroxyl groups is 2. The number of halogens is 1. The minimum absolute atomic E-state index is 0. The first kappa shape index (κ1) is 28.7. The van der Waals surface area contributed by atoms with Gasteiger partial charge in [-0.25, -0.2) is 0 Å². The van der Waals surface area contributed by atoms with Crippen LogP contribution in [0.4, 0.5) is 0 Å².